The summed E-state index contributed by atoms with van der Waals surface area (Å²) in [5, 5.41) is 13.1. The molecule has 0 spiro atoms. The molecule has 2 rings (SSSR count). The van der Waals surface area contributed by atoms with Gasteiger partial charge >= 0.3 is 0 Å². The quantitative estimate of drug-likeness (QED) is 0.501. The van der Waals surface area contributed by atoms with Gasteiger partial charge in [-0.25, -0.2) is 0 Å². The normalized spacial score (nSPS) is 22.9. The molecule has 15 heavy (non-hydrogen) atoms. The van der Waals surface area contributed by atoms with Crippen molar-refractivity contribution < 1.29 is 10.0 Å². The Kier molecular flexibility index (Phi) is 3.77. The Morgan fingerprint density at radius 1 is 1.40 bits per heavy atom. The molecule has 1 aliphatic carbocycles. The molecule has 1 heterocycles. The fourth-order valence-electron chi connectivity index (χ4n) is 1.93. The number of thiocarbonyl (C=S) groups is 1. The number of aliphatic hydroxyl groups excluding tert-OH is 1. The van der Waals surface area contributed by atoms with Crippen LogP contribution in [0.1, 0.15) is 12.8 Å². The first kappa shape index (κ1) is 11.1. The zero-order valence-electron chi connectivity index (χ0n) is 9.04. The molecule has 4 nitrogen and oxygen atoms in total. The van der Waals surface area contributed by atoms with Gasteiger partial charge in [0.15, 0.2) is 5.11 Å². The monoisotopic (exact) mass is 230 g/mol. The van der Waals surface area contributed by atoms with E-state index in [1.165, 1.54) is 17.7 Å². The Morgan fingerprint density at radius 2 is 2.07 bits per heavy atom. The SMILES string of the molecule is OCC[NH+]1CCN(C(=S)NC2CC2)CC1. The second kappa shape index (κ2) is 5.09. The van der Waals surface area contributed by atoms with Crippen molar-refractivity contribution in [2.24, 2.45) is 0 Å². The zero-order chi connectivity index (χ0) is 10.7. The third-order valence-corrected chi connectivity index (χ3v) is 3.50. The van der Waals surface area contributed by atoms with E-state index in [9.17, 15) is 0 Å². The minimum atomic E-state index is 0.292. The fourth-order valence-corrected chi connectivity index (χ4v) is 2.28. The summed E-state index contributed by atoms with van der Waals surface area (Å²) < 4.78 is 0. The molecule has 86 valence electrons. The van der Waals surface area contributed by atoms with Crippen LogP contribution in [0.4, 0.5) is 0 Å². The summed E-state index contributed by atoms with van der Waals surface area (Å²) in [7, 11) is 0. The third kappa shape index (κ3) is 3.29. The van der Waals surface area contributed by atoms with Gasteiger partial charge < -0.3 is 20.2 Å². The molecule has 0 amide bonds. The molecule has 2 aliphatic rings. The Bertz CT molecular complexity index is 225. The summed E-state index contributed by atoms with van der Waals surface area (Å²) in [4.78, 5) is 3.75. The summed E-state index contributed by atoms with van der Waals surface area (Å²) in [6, 6.07) is 0.653. The van der Waals surface area contributed by atoms with Crippen LogP contribution in [0.15, 0.2) is 0 Å². The summed E-state index contributed by atoms with van der Waals surface area (Å²) in [5.41, 5.74) is 0. The summed E-state index contributed by atoms with van der Waals surface area (Å²) in [5.74, 6) is 0. The van der Waals surface area contributed by atoms with Gasteiger partial charge in [-0.1, -0.05) is 0 Å². The highest BCUT2D eigenvalue weighted by atomic mass is 32.1. The van der Waals surface area contributed by atoms with Crippen molar-refractivity contribution in [1.29, 1.82) is 0 Å². The van der Waals surface area contributed by atoms with Crippen LogP contribution in [0.3, 0.4) is 0 Å². The number of nitrogens with one attached hydrogen (secondary N) is 2. The lowest BCUT2D eigenvalue weighted by atomic mass is 10.3. The van der Waals surface area contributed by atoms with E-state index in [0.29, 0.717) is 12.6 Å². The molecule has 3 N–H and O–H groups in total. The smallest absolute Gasteiger partial charge is 0.169 e. The van der Waals surface area contributed by atoms with Crippen molar-refractivity contribution in [2.45, 2.75) is 18.9 Å². The second-order valence-electron chi connectivity index (χ2n) is 4.43. The van der Waals surface area contributed by atoms with Crippen LogP contribution >= 0.6 is 12.2 Å². The highest BCUT2D eigenvalue weighted by Crippen LogP contribution is 2.18. The van der Waals surface area contributed by atoms with E-state index in [4.69, 9.17) is 17.3 Å². The highest BCUT2D eigenvalue weighted by Gasteiger charge is 2.26. The molecule has 2 fully saturated rings. The van der Waals surface area contributed by atoms with Gasteiger partial charge in [0.25, 0.3) is 0 Å². The largest absolute Gasteiger partial charge is 0.391 e. The minimum Gasteiger partial charge on any atom is -0.391 e. The molecule has 1 aliphatic heterocycles. The lowest BCUT2D eigenvalue weighted by Crippen LogP contribution is -3.15. The van der Waals surface area contributed by atoms with Crippen LogP contribution in [0, 0.1) is 0 Å². The molecular formula is C10H20N3OS+. The maximum Gasteiger partial charge on any atom is 0.169 e. The van der Waals surface area contributed by atoms with Gasteiger partial charge in [-0.2, -0.15) is 0 Å². The number of aliphatic hydroxyl groups is 1. The molecule has 5 heteroatoms. The first-order valence-electron chi connectivity index (χ1n) is 5.79. The molecule has 0 unspecified atom stereocenters. The number of quaternary nitrogens is 1. The Labute approximate surface area is 96.2 Å². The van der Waals surface area contributed by atoms with Gasteiger partial charge in [0.2, 0.25) is 0 Å². The predicted octanol–water partition coefficient (Wildman–Crippen LogP) is -1.78. The van der Waals surface area contributed by atoms with Crippen molar-refractivity contribution >= 4 is 17.3 Å². The maximum atomic E-state index is 8.85. The number of nitrogens with zero attached hydrogens (tertiary/aromatic N) is 1. The predicted molar refractivity (Wildman–Crippen MR) is 63.0 cm³/mol. The van der Waals surface area contributed by atoms with Crippen LogP contribution in [0.5, 0.6) is 0 Å². The van der Waals surface area contributed by atoms with Crippen LogP contribution in [0.2, 0.25) is 0 Å². The van der Waals surface area contributed by atoms with E-state index in [-0.39, 0.29) is 0 Å². The molecule has 1 saturated heterocycles. The van der Waals surface area contributed by atoms with Crippen molar-refractivity contribution in [3.05, 3.63) is 0 Å². The van der Waals surface area contributed by atoms with Crippen LogP contribution in [-0.4, -0.2) is 60.5 Å². The molecule has 0 bridgehead atoms. The molecule has 1 saturated carbocycles. The van der Waals surface area contributed by atoms with Crippen molar-refractivity contribution in [3.63, 3.8) is 0 Å². The van der Waals surface area contributed by atoms with E-state index in [1.54, 1.807) is 0 Å². The van der Waals surface area contributed by atoms with E-state index < -0.39 is 0 Å². The third-order valence-electron chi connectivity index (χ3n) is 3.13. The first-order valence-corrected chi connectivity index (χ1v) is 6.20. The van der Waals surface area contributed by atoms with Crippen LogP contribution in [0.25, 0.3) is 0 Å². The molecule has 0 aromatic rings. The first-order chi connectivity index (χ1) is 7.29. The van der Waals surface area contributed by atoms with Gasteiger partial charge in [-0.05, 0) is 25.1 Å². The lowest BCUT2D eigenvalue weighted by molar-refractivity contribution is -0.904. The number of rotatable bonds is 3. The summed E-state index contributed by atoms with van der Waals surface area (Å²) in [6.07, 6.45) is 2.55. The summed E-state index contributed by atoms with van der Waals surface area (Å²) >= 11 is 5.35. The highest BCUT2D eigenvalue weighted by molar-refractivity contribution is 7.80. The average molecular weight is 230 g/mol. The molecule has 0 aromatic heterocycles. The van der Waals surface area contributed by atoms with Gasteiger partial charge in [0, 0.05) is 6.04 Å². The van der Waals surface area contributed by atoms with Gasteiger partial charge in [-0.3, -0.25) is 0 Å². The van der Waals surface area contributed by atoms with Gasteiger partial charge in [0.1, 0.15) is 6.54 Å². The van der Waals surface area contributed by atoms with E-state index in [2.05, 4.69) is 10.2 Å². The number of hydrogen-bond acceptors (Lipinski definition) is 2. The molecule has 0 radical (unpaired) electrons. The van der Waals surface area contributed by atoms with Gasteiger partial charge in [0.05, 0.1) is 32.8 Å². The standard InChI is InChI=1S/C10H19N3OS/c14-8-7-12-3-5-13(6-4-12)10(15)11-9-1-2-9/h9,14H,1-8H2,(H,11,15)/p+1. The van der Waals surface area contributed by atoms with Crippen molar-refractivity contribution in [3.8, 4) is 0 Å². The minimum absolute atomic E-state index is 0.292. The lowest BCUT2D eigenvalue weighted by Gasteiger charge is -2.33. The van der Waals surface area contributed by atoms with E-state index >= 15 is 0 Å². The summed E-state index contributed by atoms with van der Waals surface area (Å²) in [6.45, 7) is 5.39. The van der Waals surface area contributed by atoms with Gasteiger partial charge in [-0.15, -0.1) is 0 Å². The maximum absolute atomic E-state index is 8.85. The fraction of sp³-hybridized carbons (Fsp3) is 0.900. The number of hydrogen-bond donors (Lipinski definition) is 3. The Balaban J connectivity index is 1.69. The number of piperazine rings is 1. The molecule has 0 atom stereocenters. The van der Waals surface area contributed by atoms with Crippen LogP contribution < -0.4 is 10.2 Å². The van der Waals surface area contributed by atoms with Crippen molar-refractivity contribution in [2.75, 3.05) is 39.3 Å². The Morgan fingerprint density at radius 3 is 2.60 bits per heavy atom. The van der Waals surface area contributed by atoms with Crippen molar-refractivity contribution in [1.82, 2.24) is 10.2 Å². The average Bonchev–Trinajstić information content (AvgIpc) is 3.03. The second-order valence-corrected chi connectivity index (χ2v) is 4.82. The van der Waals surface area contributed by atoms with E-state index in [0.717, 1.165) is 37.8 Å². The zero-order valence-corrected chi connectivity index (χ0v) is 9.85. The molecule has 0 aromatic carbocycles. The Hall–Kier alpha value is -0.390. The molecular weight excluding hydrogens is 210 g/mol. The van der Waals surface area contributed by atoms with E-state index in [1.807, 2.05) is 0 Å². The van der Waals surface area contributed by atoms with Crippen LogP contribution in [-0.2, 0) is 0 Å². The topological polar surface area (TPSA) is 39.9 Å².